The van der Waals surface area contributed by atoms with Crippen molar-refractivity contribution in [3.05, 3.63) is 65.2 Å². The van der Waals surface area contributed by atoms with Crippen molar-refractivity contribution in [1.82, 2.24) is 4.31 Å². The van der Waals surface area contributed by atoms with E-state index in [-0.39, 0.29) is 10.7 Å². The van der Waals surface area contributed by atoms with E-state index < -0.39 is 15.6 Å². The Hall–Kier alpha value is -1.98. The molecule has 0 spiro atoms. The van der Waals surface area contributed by atoms with Crippen LogP contribution < -0.4 is 0 Å². The van der Waals surface area contributed by atoms with Crippen LogP contribution in [0.15, 0.2) is 53.4 Å². The van der Waals surface area contributed by atoms with Gasteiger partial charge >= 0.3 is 0 Å². The largest absolute Gasteiger partial charge is 0.295 e. The van der Waals surface area contributed by atoms with E-state index in [0.29, 0.717) is 18.5 Å². The molecular weight excluding hydrogens is 322 g/mol. The van der Waals surface area contributed by atoms with Crippen LogP contribution in [0.25, 0.3) is 0 Å². The summed E-state index contributed by atoms with van der Waals surface area (Å²) < 4.78 is 27.9. The number of hydrogen-bond donors (Lipinski definition) is 0. The van der Waals surface area contributed by atoms with E-state index in [0.717, 1.165) is 5.56 Å². The molecule has 0 N–H and O–H groups in total. The molecule has 2 aromatic rings. The monoisotopic (exact) mass is 343 g/mol. The Morgan fingerprint density at radius 2 is 1.71 bits per heavy atom. The van der Waals surface area contributed by atoms with Crippen molar-refractivity contribution in [3.63, 3.8) is 0 Å². The molecule has 5 heteroatoms. The van der Waals surface area contributed by atoms with Gasteiger partial charge in [-0.2, -0.15) is 4.31 Å². The van der Waals surface area contributed by atoms with E-state index in [2.05, 4.69) is 6.07 Å². The Morgan fingerprint density at radius 1 is 1.04 bits per heavy atom. The zero-order chi connectivity index (χ0) is 17.5. The molecule has 1 heterocycles. The summed E-state index contributed by atoms with van der Waals surface area (Å²) in [7, 11) is -3.69. The predicted octanol–water partition coefficient (Wildman–Crippen LogP) is 3.41. The first-order valence-electron chi connectivity index (χ1n) is 7.92. The first-order valence-corrected chi connectivity index (χ1v) is 9.36. The van der Waals surface area contributed by atoms with Gasteiger partial charge in [-0.1, -0.05) is 36.4 Å². The van der Waals surface area contributed by atoms with Crippen molar-refractivity contribution in [1.29, 1.82) is 0 Å². The molecule has 0 unspecified atom stereocenters. The highest BCUT2D eigenvalue weighted by Crippen LogP contribution is 2.35. The van der Waals surface area contributed by atoms with E-state index >= 15 is 0 Å². The van der Waals surface area contributed by atoms with Crippen LogP contribution in [0, 0.1) is 0 Å². The molecule has 0 radical (unpaired) electrons. The van der Waals surface area contributed by atoms with Crippen LogP contribution in [-0.4, -0.2) is 24.0 Å². The molecule has 0 aromatic heterocycles. The first-order chi connectivity index (χ1) is 11.2. The fourth-order valence-corrected chi connectivity index (χ4v) is 5.03. The van der Waals surface area contributed by atoms with E-state index in [4.69, 9.17) is 0 Å². The van der Waals surface area contributed by atoms with Crippen molar-refractivity contribution in [2.45, 2.75) is 44.2 Å². The summed E-state index contributed by atoms with van der Waals surface area (Å²) in [5, 5.41) is 0. The Kier molecular flexibility index (Phi) is 4.10. The summed E-state index contributed by atoms with van der Waals surface area (Å²) in [4.78, 5) is 11.8. The molecule has 0 aliphatic carbocycles. The number of sulfonamides is 1. The zero-order valence-corrected chi connectivity index (χ0v) is 14.9. The third-order valence-electron chi connectivity index (χ3n) is 4.56. The van der Waals surface area contributed by atoms with Crippen LogP contribution in [0.4, 0.5) is 0 Å². The van der Waals surface area contributed by atoms with Crippen LogP contribution in [0.1, 0.15) is 42.3 Å². The summed E-state index contributed by atoms with van der Waals surface area (Å²) >= 11 is 0. The second-order valence-electron chi connectivity index (χ2n) is 6.85. The Labute approximate surface area is 143 Å². The maximum absolute atomic E-state index is 13.2. The summed E-state index contributed by atoms with van der Waals surface area (Å²) in [6.45, 7) is 5.66. The smallest absolute Gasteiger partial charge is 0.243 e. The maximum Gasteiger partial charge on any atom is 0.243 e. The number of Topliss-reactive ketones (excluding diaryl/α,β-unsaturated/α-hetero) is 1. The summed E-state index contributed by atoms with van der Waals surface area (Å²) in [6.07, 6.45) is 0.662. The van der Waals surface area contributed by atoms with Crippen molar-refractivity contribution in [3.8, 4) is 0 Å². The van der Waals surface area contributed by atoms with Gasteiger partial charge in [0.15, 0.2) is 5.78 Å². The quantitative estimate of drug-likeness (QED) is 0.803. The lowest BCUT2D eigenvalue weighted by molar-refractivity contribution is 0.101. The number of rotatable bonds is 3. The fraction of sp³-hybridized carbons (Fsp3) is 0.316. The molecule has 126 valence electrons. The van der Waals surface area contributed by atoms with Crippen LogP contribution >= 0.6 is 0 Å². The van der Waals surface area contributed by atoms with E-state index in [1.54, 1.807) is 22.5 Å². The van der Waals surface area contributed by atoms with E-state index in [9.17, 15) is 13.2 Å². The normalized spacial score (nSPS) is 17.3. The number of benzene rings is 2. The third-order valence-corrected chi connectivity index (χ3v) is 6.61. The zero-order valence-electron chi connectivity index (χ0n) is 14.1. The number of fused-ring (bicyclic) bond motifs is 1. The minimum Gasteiger partial charge on any atom is -0.295 e. The number of ketones is 1. The average molecular weight is 343 g/mol. The van der Waals surface area contributed by atoms with Gasteiger partial charge in [-0.25, -0.2) is 8.42 Å². The van der Waals surface area contributed by atoms with Crippen LogP contribution in [0.5, 0.6) is 0 Å². The molecular formula is C19H21NO3S. The van der Waals surface area contributed by atoms with Crippen molar-refractivity contribution < 1.29 is 13.2 Å². The molecule has 0 saturated heterocycles. The minimum atomic E-state index is -3.69. The molecule has 0 saturated carbocycles. The van der Waals surface area contributed by atoms with Crippen LogP contribution in [0.3, 0.4) is 0 Å². The Morgan fingerprint density at radius 3 is 2.38 bits per heavy atom. The summed E-state index contributed by atoms with van der Waals surface area (Å²) in [5.41, 5.74) is 2.10. The molecule has 3 rings (SSSR count). The van der Waals surface area contributed by atoms with E-state index in [1.807, 2.05) is 32.0 Å². The van der Waals surface area contributed by atoms with E-state index in [1.165, 1.54) is 18.6 Å². The number of carbonyl (C=O) groups is 1. The molecule has 0 fully saturated rings. The second-order valence-corrected chi connectivity index (χ2v) is 8.72. The first kappa shape index (κ1) is 16.9. The molecule has 24 heavy (non-hydrogen) atoms. The number of hydrogen-bond acceptors (Lipinski definition) is 3. The van der Waals surface area contributed by atoms with Gasteiger partial charge in [-0.15, -0.1) is 0 Å². The fourth-order valence-electron chi connectivity index (χ4n) is 3.22. The molecule has 1 aliphatic rings. The van der Waals surface area contributed by atoms with Gasteiger partial charge in [-0.05, 0) is 50.5 Å². The van der Waals surface area contributed by atoms with Gasteiger partial charge in [0.25, 0.3) is 0 Å². The highest BCUT2D eigenvalue weighted by Gasteiger charge is 2.40. The van der Waals surface area contributed by atoms with Gasteiger partial charge < -0.3 is 0 Å². The molecule has 2 aromatic carbocycles. The third kappa shape index (κ3) is 2.89. The SMILES string of the molecule is CC(=O)c1cccc(S(=O)(=O)N2Cc3ccccc3CC2(C)C)c1. The van der Waals surface area contributed by atoms with Crippen molar-refractivity contribution >= 4 is 15.8 Å². The topological polar surface area (TPSA) is 54.5 Å². The Bertz CT molecular complexity index is 900. The minimum absolute atomic E-state index is 0.143. The lowest BCUT2D eigenvalue weighted by Crippen LogP contribution is -2.51. The van der Waals surface area contributed by atoms with Gasteiger partial charge in [0.05, 0.1) is 4.90 Å². The predicted molar refractivity (Wildman–Crippen MR) is 93.4 cm³/mol. The van der Waals surface area contributed by atoms with Gasteiger partial charge in [-0.3, -0.25) is 4.79 Å². The molecule has 0 atom stereocenters. The van der Waals surface area contributed by atoms with Crippen molar-refractivity contribution in [2.24, 2.45) is 0 Å². The molecule has 0 amide bonds. The lowest BCUT2D eigenvalue weighted by Gasteiger charge is -2.42. The number of nitrogens with zero attached hydrogens (tertiary/aromatic N) is 1. The molecule has 0 bridgehead atoms. The summed E-state index contributed by atoms with van der Waals surface area (Å²) in [6, 6.07) is 14.2. The number of carbonyl (C=O) groups excluding carboxylic acids is 1. The van der Waals surface area contributed by atoms with Crippen LogP contribution in [0.2, 0.25) is 0 Å². The average Bonchev–Trinajstić information content (AvgIpc) is 2.53. The highest BCUT2D eigenvalue weighted by atomic mass is 32.2. The maximum atomic E-state index is 13.2. The van der Waals surface area contributed by atoms with Crippen LogP contribution in [-0.2, 0) is 23.0 Å². The standard InChI is InChI=1S/C19H21NO3S/c1-14(21)15-9-6-10-18(11-15)24(22,23)20-13-17-8-5-4-7-16(17)12-19(20,2)3/h4-11H,12-13H2,1-3H3. The van der Waals surface area contributed by atoms with Crippen molar-refractivity contribution in [2.75, 3.05) is 0 Å². The van der Waals surface area contributed by atoms with Gasteiger partial charge in [0.2, 0.25) is 10.0 Å². The molecule has 1 aliphatic heterocycles. The second kappa shape index (κ2) is 5.83. The Balaban J connectivity index is 2.06. The lowest BCUT2D eigenvalue weighted by atomic mass is 9.88. The van der Waals surface area contributed by atoms with Gasteiger partial charge in [0.1, 0.15) is 0 Å². The highest BCUT2D eigenvalue weighted by molar-refractivity contribution is 7.89. The molecule has 4 nitrogen and oxygen atoms in total. The van der Waals surface area contributed by atoms with Gasteiger partial charge in [0, 0.05) is 17.6 Å². The summed E-state index contributed by atoms with van der Waals surface area (Å²) in [5.74, 6) is -0.143.